The molecule has 0 saturated heterocycles. The summed E-state index contributed by atoms with van der Waals surface area (Å²) in [6, 6.07) is 10.7. The van der Waals surface area contributed by atoms with Gasteiger partial charge in [0.25, 0.3) is 0 Å². The molecule has 0 bridgehead atoms. The van der Waals surface area contributed by atoms with E-state index in [1.54, 1.807) is 0 Å². The summed E-state index contributed by atoms with van der Waals surface area (Å²) in [7, 11) is 0. The van der Waals surface area contributed by atoms with Crippen molar-refractivity contribution in [3.63, 3.8) is 0 Å². The second-order valence-electron chi connectivity index (χ2n) is 1.75. The van der Waals surface area contributed by atoms with Gasteiger partial charge >= 0.3 is 62.0 Å². The van der Waals surface area contributed by atoms with Crippen LogP contribution in [0.4, 0.5) is 0 Å². The van der Waals surface area contributed by atoms with E-state index in [2.05, 4.69) is 37.3 Å². The molecule has 48 valence electrons. The SMILES string of the molecule is CC[Se]c1ccccc1. The summed E-state index contributed by atoms with van der Waals surface area (Å²) >= 11 is 0.710. The molecule has 0 atom stereocenters. The molecule has 0 fully saturated rings. The van der Waals surface area contributed by atoms with Crippen molar-refractivity contribution in [2.45, 2.75) is 12.2 Å². The van der Waals surface area contributed by atoms with Crippen molar-refractivity contribution in [2.75, 3.05) is 0 Å². The van der Waals surface area contributed by atoms with Gasteiger partial charge in [-0.15, -0.1) is 0 Å². The average Bonchev–Trinajstić information content (AvgIpc) is 1.91. The molecule has 0 nitrogen and oxygen atoms in total. The molecule has 0 aliphatic rings. The van der Waals surface area contributed by atoms with Crippen LogP contribution in [0.1, 0.15) is 6.92 Å². The van der Waals surface area contributed by atoms with Crippen LogP contribution >= 0.6 is 0 Å². The summed E-state index contributed by atoms with van der Waals surface area (Å²) in [6.45, 7) is 2.23. The Labute approximate surface area is 62.4 Å². The van der Waals surface area contributed by atoms with Gasteiger partial charge in [0.15, 0.2) is 0 Å². The molecule has 1 aromatic carbocycles. The average molecular weight is 185 g/mol. The Kier molecular flexibility index (Phi) is 2.82. The number of hydrogen-bond donors (Lipinski definition) is 0. The Morgan fingerprint density at radius 3 is 2.44 bits per heavy atom. The first-order chi connectivity index (χ1) is 4.43. The van der Waals surface area contributed by atoms with Gasteiger partial charge in [0.05, 0.1) is 0 Å². The zero-order valence-electron chi connectivity index (χ0n) is 5.50. The Hall–Kier alpha value is -0.261. The van der Waals surface area contributed by atoms with Crippen LogP contribution in [0.25, 0.3) is 0 Å². The standard InChI is InChI=1S/C8H10Se/c1-2-9-8-6-4-3-5-7-8/h3-7H,2H2,1H3. The van der Waals surface area contributed by atoms with Gasteiger partial charge < -0.3 is 0 Å². The topological polar surface area (TPSA) is 0 Å². The van der Waals surface area contributed by atoms with Gasteiger partial charge in [0.2, 0.25) is 0 Å². The second kappa shape index (κ2) is 3.71. The molecule has 0 spiro atoms. The quantitative estimate of drug-likeness (QED) is 0.612. The van der Waals surface area contributed by atoms with Gasteiger partial charge in [-0.05, 0) is 0 Å². The molecule has 0 unspecified atom stereocenters. The molecule has 0 saturated carbocycles. The molecular weight excluding hydrogens is 175 g/mol. The van der Waals surface area contributed by atoms with Crippen LogP contribution in [0.15, 0.2) is 30.3 Å². The normalized spacial score (nSPS) is 9.44. The number of hydrogen-bond acceptors (Lipinski definition) is 0. The van der Waals surface area contributed by atoms with E-state index >= 15 is 0 Å². The molecule has 0 radical (unpaired) electrons. The van der Waals surface area contributed by atoms with Crippen molar-refractivity contribution in [2.24, 2.45) is 0 Å². The predicted octanol–water partition coefficient (Wildman–Crippen LogP) is 1.45. The minimum atomic E-state index is 0.710. The first kappa shape index (κ1) is 6.85. The molecule has 0 amide bonds. The molecule has 0 N–H and O–H groups in total. The Morgan fingerprint density at radius 1 is 1.22 bits per heavy atom. The Morgan fingerprint density at radius 2 is 1.89 bits per heavy atom. The van der Waals surface area contributed by atoms with Gasteiger partial charge in [0.1, 0.15) is 0 Å². The molecular formula is C8H10Se. The van der Waals surface area contributed by atoms with Crippen LogP contribution in [0, 0.1) is 0 Å². The van der Waals surface area contributed by atoms with Crippen LogP contribution in [-0.2, 0) is 0 Å². The van der Waals surface area contributed by atoms with Gasteiger partial charge in [-0.2, -0.15) is 0 Å². The molecule has 9 heavy (non-hydrogen) atoms. The van der Waals surface area contributed by atoms with E-state index in [0.29, 0.717) is 15.0 Å². The maximum atomic E-state index is 2.23. The zero-order valence-corrected chi connectivity index (χ0v) is 7.22. The van der Waals surface area contributed by atoms with Crippen LogP contribution in [0.3, 0.4) is 0 Å². The zero-order chi connectivity index (χ0) is 6.53. The van der Waals surface area contributed by atoms with Gasteiger partial charge in [0, 0.05) is 0 Å². The Balaban J connectivity index is 2.61. The van der Waals surface area contributed by atoms with E-state index in [9.17, 15) is 0 Å². The van der Waals surface area contributed by atoms with E-state index < -0.39 is 0 Å². The van der Waals surface area contributed by atoms with E-state index in [4.69, 9.17) is 0 Å². The van der Waals surface area contributed by atoms with Crippen molar-refractivity contribution in [3.05, 3.63) is 30.3 Å². The van der Waals surface area contributed by atoms with E-state index in [-0.39, 0.29) is 0 Å². The first-order valence-corrected chi connectivity index (χ1v) is 5.18. The van der Waals surface area contributed by atoms with E-state index in [1.165, 1.54) is 9.78 Å². The first-order valence-electron chi connectivity index (χ1n) is 3.11. The maximum absolute atomic E-state index is 2.23. The molecule has 0 aromatic heterocycles. The van der Waals surface area contributed by atoms with Crippen molar-refractivity contribution >= 4 is 19.4 Å². The van der Waals surface area contributed by atoms with E-state index in [0.717, 1.165) is 0 Å². The van der Waals surface area contributed by atoms with Crippen LogP contribution < -0.4 is 4.46 Å². The molecule has 0 aliphatic carbocycles. The molecule has 0 heterocycles. The van der Waals surface area contributed by atoms with Crippen LogP contribution in [-0.4, -0.2) is 15.0 Å². The fraction of sp³-hybridized carbons (Fsp3) is 0.250. The summed E-state index contributed by atoms with van der Waals surface area (Å²) in [5, 5.41) is 1.30. The molecule has 1 aromatic rings. The second-order valence-corrected chi connectivity index (χ2v) is 4.55. The van der Waals surface area contributed by atoms with Crippen molar-refractivity contribution in [3.8, 4) is 0 Å². The predicted molar refractivity (Wildman–Crippen MR) is 42.3 cm³/mol. The van der Waals surface area contributed by atoms with Gasteiger partial charge in [-0.3, -0.25) is 0 Å². The van der Waals surface area contributed by atoms with Gasteiger partial charge in [-0.25, -0.2) is 0 Å². The summed E-state index contributed by atoms with van der Waals surface area (Å²) in [6.07, 6.45) is 0. The summed E-state index contributed by atoms with van der Waals surface area (Å²) in [5.41, 5.74) is 0. The number of benzene rings is 1. The number of rotatable bonds is 2. The summed E-state index contributed by atoms with van der Waals surface area (Å²) < 4.78 is 1.51. The molecule has 1 heteroatoms. The Bertz CT molecular complexity index is 157. The van der Waals surface area contributed by atoms with E-state index in [1.807, 2.05) is 0 Å². The third-order valence-corrected chi connectivity index (χ3v) is 2.93. The fourth-order valence-electron chi connectivity index (χ4n) is 0.683. The van der Waals surface area contributed by atoms with Crippen molar-refractivity contribution in [1.82, 2.24) is 0 Å². The monoisotopic (exact) mass is 186 g/mol. The third kappa shape index (κ3) is 2.21. The molecule has 1 rings (SSSR count). The van der Waals surface area contributed by atoms with Gasteiger partial charge in [-0.1, -0.05) is 0 Å². The summed E-state index contributed by atoms with van der Waals surface area (Å²) in [4.78, 5) is 0. The minimum absolute atomic E-state index is 0.710. The van der Waals surface area contributed by atoms with Crippen molar-refractivity contribution < 1.29 is 0 Å². The fourth-order valence-corrected chi connectivity index (χ4v) is 2.12. The van der Waals surface area contributed by atoms with Crippen LogP contribution in [0.2, 0.25) is 5.32 Å². The van der Waals surface area contributed by atoms with Crippen LogP contribution in [0.5, 0.6) is 0 Å². The molecule has 0 aliphatic heterocycles. The third-order valence-electron chi connectivity index (χ3n) is 1.05. The summed E-state index contributed by atoms with van der Waals surface area (Å²) in [5.74, 6) is 0. The van der Waals surface area contributed by atoms with Crippen molar-refractivity contribution in [1.29, 1.82) is 0 Å².